The van der Waals surface area contributed by atoms with Gasteiger partial charge in [0.05, 0.1) is 30.1 Å². The zero-order valence-electron chi connectivity index (χ0n) is 21.9. The summed E-state index contributed by atoms with van der Waals surface area (Å²) in [6.45, 7) is 1.13. The van der Waals surface area contributed by atoms with Gasteiger partial charge in [0.15, 0.2) is 0 Å². The standard InChI is InChI=1S/C30H31N3O5S.ClH/c1-39(36,37)33(20-21-7-3-2-4-8-21)22-11-14-29(34)26(17-22)30(35)19-31-15-16-38-23-12-13-25-24-9-5-6-10-27(24)32-28(25)18-23;/h2-14,17-18,30-32,34-35H,15-16,19-20H2,1H3;1H. The van der Waals surface area contributed by atoms with E-state index in [1.165, 1.54) is 27.9 Å². The number of anilines is 1. The maximum absolute atomic E-state index is 12.6. The molecule has 1 atom stereocenters. The molecule has 1 aromatic heterocycles. The number of aliphatic hydroxyl groups excluding tert-OH is 1. The second kappa shape index (κ2) is 12.6. The number of aromatic hydroxyl groups is 1. The van der Waals surface area contributed by atoms with E-state index in [1.807, 2.05) is 66.7 Å². The molecule has 0 saturated carbocycles. The molecule has 4 aromatic carbocycles. The second-order valence-electron chi connectivity index (χ2n) is 9.44. The lowest BCUT2D eigenvalue weighted by Crippen LogP contribution is -2.30. The molecule has 0 aliphatic heterocycles. The number of halogens is 1. The molecule has 40 heavy (non-hydrogen) atoms. The van der Waals surface area contributed by atoms with E-state index in [4.69, 9.17) is 4.74 Å². The normalized spacial score (nSPS) is 12.2. The largest absolute Gasteiger partial charge is 0.508 e. The zero-order chi connectivity index (χ0) is 27.4. The summed E-state index contributed by atoms with van der Waals surface area (Å²) < 4.78 is 32.2. The van der Waals surface area contributed by atoms with E-state index in [1.54, 1.807) is 0 Å². The van der Waals surface area contributed by atoms with Crippen LogP contribution in [0.3, 0.4) is 0 Å². The maximum atomic E-state index is 12.6. The first-order valence-corrected chi connectivity index (χ1v) is 14.5. The molecule has 4 N–H and O–H groups in total. The number of rotatable bonds is 11. The first-order chi connectivity index (χ1) is 18.8. The van der Waals surface area contributed by atoms with Gasteiger partial charge >= 0.3 is 0 Å². The van der Waals surface area contributed by atoms with Gasteiger partial charge in [0.25, 0.3) is 0 Å². The Balaban J connectivity index is 0.00000370. The highest BCUT2D eigenvalue weighted by atomic mass is 35.5. The molecule has 1 heterocycles. The summed E-state index contributed by atoms with van der Waals surface area (Å²) >= 11 is 0. The third-order valence-corrected chi connectivity index (χ3v) is 7.73. The number of hydrogen-bond acceptors (Lipinski definition) is 6. The smallest absolute Gasteiger partial charge is 0.232 e. The molecule has 8 nitrogen and oxygen atoms in total. The number of sulfonamides is 1. The number of nitrogens with zero attached hydrogens (tertiary/aromatic N) is 1. The predicted molar refractivity (Wildman–Crippen MR) is 162 cm³/mol. The quantitative estimate of drug-likeness (QED) is 0.161. The number of fused-ring (bicyclic) bond motifs is 3. The van der Waals surface area contributed by atoms with Gasteiger partial charge in [0.1, 0.15) is 18.1 Å². The number of benzene rings is 4. The molecule has 0 spiro atoms. The number of H-pyrrole nitrogens is 1. The highest BCUT2D eigenvalue weighted by Gasteiger charge is 2.21. The van der Waals surface area contributed by atoms with Crippen molar-refractivity contribution in [2.24, 2.45) is 0 Å². The van der Waals surface area contributed by atoms with Gasteiger partial charge in [-0.15, -0.1) is 12.4 Å². The summed E-state index contributed by atoms with van der Waals surface area (Å²) in [6.07, 6.45) is 0.0851. The summed E-state index contributed by atoms with van der Waals surface area (Å²) in [4.78, 5) is 3.40. The molecule has 0 radical (unpaired) electrons. The van der Waals surface area contributed by atoms with Gasteiger partial charge in [0, 0.05) is 41.0 Å². The van der Waals surface area contributed by atoms with Crippen LogP contribution in [0.25, 0.3) is 21.8 Å². The van der Waals surface area contributed by atoms with Gasteiger partial charge in [-0.25, -0.2) is 8.42 Å². The van der Waals surface area contributed by atoms with Gasteiger partial charge in [-0.2, -0.15) is 0 Å². The fraction of sp³-hybridized carbons (Fsp3) is 0.200. The van der Waals surface area contributed by atoms with Gasteiger partial charge in [-0.05, 0) is 42.0 Å². The molecule has 0 aliphatic carbocycles. The van der Waals surface area contributed by atoms with Crippen molar-refractivity contribution in [2.45, 2.75) is 12.6 Å². The molecule has 0 amide bonds. The molecular formula is C30H32ClN3O5S. The minimum absolute atomic E-state index is 0. The summed E-state index contributed by atoms with van der Waals surface area (Å²) in [6, 6.07) is 27.8. The number of aliphatic hydroxyl groups is 1. The molecule has 210 valence electrons. The maximum Gasteiger partial charge on any atom is 0.232 e. The Kier molecular flexibility index (Phi) is 9.21. The first kappa shape index (κ1) is 29.2. The second-order valence-corrected chi connectivity index (χ2v) is 11.4. The summed E-state index contributed by atoms with van der Waals surface area (Å²) in [7, 11) is -3.61. The minimum atomic E-state index is -3.61. The van der Waals surface area contributed by atoms with Crippen LogP contribution >= 0.6 is 12.4 Å². The first-order valence-electron chi connectivity index (χ1n) is 12.7. The van der Waals surface area contributed by atoms with Crippen LogP contribution in [0, 0.1) is 0 Å². The Morgan fingerprint density at radius 2 is 1.65 bits per heavy atom. The predicted octanol–water partition coefficient (Wildman–Crippen LogP) is 5.12. The van der Waals surface area contributed by atoms with Crippen LogP contribution in [0.4, 0.5) is 5.69 Å². The number of hydrogen-bond donors (Lipinski definition) is 4. The lowest BCUT2D eigenvalue weighted by atomic mass is 10.1. The Morgan fingerprint density at radius 1 is 0.925 bits per heavy atom. The molecule has 5 aromatic rings. The van der Waals surface area contributed by atoms with Gasteiger partial charge in [0.2, 0.25) is 10.0 Å². The molecule has 0 fully saturated rings. The van der Waals surface area contributed by atoms with Crippen LogP contribution in [-0.4, -0.2) is 49.6 Å². The van der Waals surface area contributed by atoms with Gasteiger partial charge in [-0.1, -0.05) is 48.5 Å². The fourth-order valence-corrected chi connectivity index (χ4v) is 5.51. The molecular weight excluding hydrogens is 550 g/mol. The van der Waals surface area contributed by atoms with E-state index in [2.05, 4.69) is 16.4 Å². The number of phenols is 1. The van der Waals surface area contributed by atoms with Crippen molar-refractivity contribution in [3.05, 3.63) is 102 Å². The third kappa shape index (κ3) is 6.68. The van der Waals surface area contributed by atoms with Crippen molar-refractivity contribution >= 4 is 49.9 Å². The van der Waals surface area contributed by atoms with E-state index in [0.717, 1.165) is 34.0 Å². The van der Waals surface area contributed by atoms with Crippen molar-refractivity contribution in [3.63, 3.8) is 0 Å². The van der Waals surface area contributed by atoms with Crippen molar-refractivity contribution in [3.8, 4) is 11.5 Å². The van der Waals surface area contributed by atoms with Crippen LogP contribution in [0.5, 0.6) is 11.5 Å². The van der Waals surface area contributed by atoms with Gasteiger partial charge in [-0.3, -0.25) is 4.31 Å². The highest BCUT2D eigenvalue weighted by Crippen LogP contribution is 2.31. The Morgan fingerprint density at radius 3 is 2.42 bits per heavy atom. The fourth-order valence-electron chi connectivity index (χ4n) is 4.63. The molecule has 10 heteroatoms. The Hall–Kier alpha value is -3.76. The number of aromatic nitrogens is 1. The van der Waals surface area contributed by atoms with E-state index in [-0.39, 0.29) is 36.8 Å². The number of nitrogens with one attached hydrogen (secondary N) is 2. The van der Waals surface area contributed by atoms with Gasteiger partial charge < -0.3 is 25.3 Å². The molecule has 1 unspecified atom stereocenters. The number of aromatic amines is 1. The number of phenolic OH excluding ortho intramolecular Hbond substituents is 1. The van der Waals surface area contributed by atoms with Crippen LogP contribution in [0.15, 0.2) is 91.0 Å². The lowest BCUT2D eigenvalue weighted by Gasteiger charge is -2.24. The van der Waals surface area contributed by atoms with E-state index in [0.29, 0.717) is 18.8 Å². The number of ether oxygens (including phenoxy) is 1. The number of para-hydroxylation sites is 1. The molecule has 0 aliphatic rings. The lowest BCUT2D eigenvalue weighted by molar-refractivity contribution is 0.168. The Labute approximate surface area is 239 Å². The molecule has 0 bridgehead atoms. The van der Waals surface area contributed by atoms with Crippen LogP contribution in [0.2, 0.25) is 0 Å². The van der Waals surface area contributed by atoms with Crippen LogP contribution < -0.4 is 14.4 Å². The zero-order valence-corrected chi connectivity index (χ0v) is 23.6. The monoisotopic (exact) mass is 581 g/mol. The molecule has 5 rings (SSSR count). The van der Waals surface area contributed by atoms with E-state index in [9.17, 15) is 18.6 Å². The van der Waals surface area contributed by atoms with Crippen molar-refractivity contribution in [2.75, 3.05) is 30.3 Å². The average Bonchev–Trinajstić information content (AvgIpc) is 3.30. The topological polar surface area (TPSA) is 115 Å². The highest BCUT2D eigenvalue weighted by molar-refractivity contribution is 7.92. The summed E-state index contributed by atoms with van der Waals surface area (Å²) in [5.74, 6) is 0.630. The summed E-state index contributed by atoms with van der Waals surface area (Å²) in [5.41, 5.74) is 3.51. The van der Waals surface area contributed by atoms with Crippen molar-refractivity contribution in [1.82, 2.24) is 10.3 Å². The van der Waals surface area contributed by atoms with E-state index >= 15 is 0 Å². The third-order valence-electron chi connectivity index (χ3n) is 6.59. The van der Waals surface area contributed by atoms with Crippen molar-refractivity contribution in [1.29, 1.82) is 0 Å². The Bertz CT molecular complexity index is 1690. The van der Waals surface area contributed by atoms with Crippen molar-refractivity contribution < 1.29 is 23.4 Å². The summed E-state index contributed by atoms with van der Waals surface area (Å²) in [5, 5.41) is 26.6. The average molecular weight is 582 g/mol. The molecule has 0 saturated heterocycles. The minimum Gasteiger partial charge on any atom is -0.508 e. The van der Waals surface area contributed by atoms with E-state index < -0.39 is 16.1 Å². The van der Waals surface area contributed by atoms with Crippen LogP contribution in [-0.2, 0) is 16.6 Å². The van der Waals surface area contributed by atoms with Crippen LogP contribution in [0.1, 0.15) is 17.2 Å². The SMILES string of the molecule is CS(=O)(=O)N(Cc1ccccc1)c1ccc(O)c(C(O)CNCCOc2ccc3c(c2)[nH]c2ccccc23)c1.Cl.